The van der Waals surface area contributed by atoms with Gasteiger partial charge in [-0.25, -0.2) is 0 Å². The fourth-order valence-corrected chi connectivity index (χ4v) is 3.97. The van der Waals surface area contributed by atoms with Gasteiger partial charge in [0.1, 0.15) is 0 Å². The molecule has 0 aromatic carbocycles. The number of rotatable bonds is 20. The lowest BCUT2D eigenvalue weighted by Gasteiger charge is -2.03. The fraction of sp³-hybridized carbons (Fsp3) is 0.909. The topological polar surface area (TPSA) is 54.4 Å². The fourth-order valence-electron chi connectivity index (χ4n) is 3.10. The molecule has 0 aromatic heterocycles. The standard InChI is InChI=1S/C22H42O3S/c1-2-3-4-5-6-7-8-9-10-11-12-13-16-19-22(25)26-20-17-14-15-18-21(23)24/h2-20H2,1H3,(H,23,24). The number of carbonyl (C=O) groups excluding carboxylic acids is 1. The van der Waals surface area contributed by atoms with E-state index in [9.17, 15) is 9.59 Å². The Bertz CT molecular complexity index is 331. The summed E-state index contributed by atoms with van der Waals surface area (Å²) in [6.07, 6.45) is 20.9. The predicted molar refractivity (Wildman–Crippen MR) is 114 cm³/mol. The molecule has 0 aliphatic rings. The largest absolute Gasteiger partial charge is 0.481 e. The van der Waals surface area contributed by atoms with E-state index in [1.165, 1.54) is 88.8 Å². The van der Waals surface area contributed by atoms with Crippen molar-refractivity contribution in [3.05, 3.63) is 0 Å². The Hall–Kier alpha value is -0.510. The second-order valence-electron chi connectivity index (χ2n) is 7.42. The van der Waals surface area contributed by atoms with E-state index in [4.69, 9.17) is 5.11 Å². The molecule has 4 heteroatoms. The second kappa shape index (κ2) is 20.8. The average molecular weight is 387 g/mol. The first-order valence-electron chi connectivity index (χ1n) is 11.0. The van der Waals surface area contributed by atoms with Crippen LogP contribution in [0.5, 0.6) is 0 Å². The maximum atomic E-state index is 11.8. The molecule has 3 nitrogen and oxygen atoms in total. The maximum Gasteiger partial charge on any atom is 0.303 e. The van der Waals surface area contributed by atoms with Crippen LogP contribution in [0.2, 0.25) is 0 Å². The predicted octanol–water partition coefficient (Wildman–Crippen LogP) is 7.37. The summed E-state index contributed by atoms with van der Waals surface area (Å²) < 4.78 is 0. The van der Waals surface area contributed by atoms with Gasteiger partial charge in [0.25, 0.3) is 0 Å². The van der Waals surface area contributed by atoms with Crippen LogP contribution < -0.4 is 0 Å². The van der Waals surface area contributed by atoms with Crippen molar-refractivity contribution in [2.75, 3.05) is 5.75 Å². The molecule has 1 N–H and O–H groups in total. The zero-order valence-electron chi connectivity index (χ0n) is 17.1. The highest BCUT2D eigenvalue weighted by Crippen LogP contribution is 2.15. The molecular formula is C22H42O3S. The summed E-state index contributed by atoms with van der Waals surface area (Å²) in [6, 6.07) is 0. The smallest absolute Gasteiger partial charge is 0.303 e. The van der Waals surface area contributed by atoms with Crippen LogP contribution in [-0.2, 0) is 9.59 Å². The highest BCUT2D eigenvalue weighted by molar-refractivity contribution is 8.13. The van der Waals surface area contributed by atoms with Crippen molar-refractivity contribution < 1.29 is 14.7 Å². The van der Waals surface area contributed by atoms with Crippen LogP contribution in [0.25, 0.3) is 0 Å². The van der Waals surface area contributed by atoms with Crippen LogP contribution in [0.1, 0.15) is 122 Å². The molecule has 0 bridgehead atoms. The Morgan fingerprint density at radius 1 is 0.615 bits per heavy atom. The molecule has 0 fully saturated rings. The molecule has 0 saturated carbocycles. The summed E-state index contributed by atoms with van der Waals surface area (Å²) in [5, 5.41) is 8.86. The molecule has 154 valence electrons. The molecule has 0 radical (unpaired) electrons. The van der Waals surface area contributed by atoms with Crippen molar-refractivity contribution in [1.29, 1.82) is 0 Å². The molecule has 0 aromatic rings. The molecule has 0 rings (SSSR count). The molecule has 0 aliphatic carbocycles. The minimum absolute atomic E-state index is 0.248. The van der Waals surface area contributed by atoms with Crippen LogP contribution in [0.3, 0.4) is 0 Å². The van der Waals surface area contributed by atoms with E-state index in [2.05, 4.69) is 6.92 Å². The quantitative estimate of drug-likeness (QED) is 0.222. The van der Waals surface area contributed by atoms with Crippen molar-refractivity contribution >= 4 is 22.8 Å². The van der Waals surface area contributed by atoms with E-state index in [1.54, 1.807) is 0 Å². The molecule has 0 amide bonds. The summed E-state index contributed by atoms with van der Waals surface area (Å²) in [4.78, 5) is 22.1. The van der Waals surface area contributed by atoms with E-state index < -0.39 is 5.97 Å². The Morgan fingerprint density at radius 2 is 1.04 bits per heavy atom. The van der Waals surface area contributed by atoms with Gasteiger partial charge in [-0.05, 0) is 19.3 Å². The number of hydrogen-bond donors (Lipinski definition) is 1. The monoisotopic (exact) mass is 386 g/mol. The third-order valence-corrected chi connectivity index (χ3v) is 5.80. The number of thioether (sulfide) groups is 1. The van der Waals surface area contributed by atoms with Crippen LogP contribution in [-0.4, -0.2) is 21.9 Å². The number of aliphatic carboxylic acids is 1. The lowest BCUT2D eigenvalue weighted by atomic mass is 10.0. The number of carbonyl (C=O) groups is 2. The van der Waals surface area contributed by atoms with E-state index >= 15 is 0 Å². The van der Waals surface area contributed by atoms with E-state index in [-0.39, 0.29) is 6.42 Å². The number of carboxylic acid groups (broad SMARTS) is 1. The number of hydrogen-bond acceptors (Lipinski definition) is 3. The Labute approximate surface area is 166 Å². The first-order valence-corrected chi connectivity index (χ1v) is 12.0. The van der Waals surface area contributed by atoms with Gasteiger partial charge in [0.15, 0.2) is 5.12 Å². The van der Waals surface area contributed by atoms with Gasteiger partial charge in [0.2, 0.25) is 0 Å². The van der Waals surface area contributed by atoms with Crippen molar-refractivity contribution in [3.8, 4) is 0 Å². The van der Waals surface area contributed by atoms with Crippen molar-refractivity contribution in [2.45, 2.75) is 122 Å². The minimum Gasteiger partial charge on any atom is -0.481 e. The Balaban J connectivity index is 3.15. The van der Waals surface area contributed by atoms with Gasteiger partial charge >= 0.3 is 5.97 Å². The lowest BCUT2D eigenvalue weighted by molar-refractivity contribution is -0.137. The zero-order chi connectivity index (χ0) is 19.3. The molecule has 0 atom stereocenters. The summed E-state index contributed by atoms with van der Waals surface area (Å²) >= 11 is 1.43. The van der Waals surface area contributed by atoms with Crippen molar-refractivity contribution in [3.63, 3.8) is 0 Å². The molecule has 0 saturated heterocycles. The van der Waals surface area contributed by atoms with Gasteiger partial charge in [-0.1, -0.05) is 102 Å². The first kappa shape index (κ1) is 25.5. The third kappa shape index (κ3) is 21.5. The molecular weight excluding hydrogens is 344 g/mol. The summed E-state index contributed by atoms with van der Waals surface area (Å²) in [7, 11) is 0. The third-order valence-electron chi connectivity index (χ3n) is 4.78. The summed E-state index contributed by atoms with van der Waals surface area (Å²) in [5.74, 6) is 0.118. The molecule has 26 heavy (non-hydrogen) atoms. The van der Waals surface area contributed by atoms with Gasteiger partial charge in [0, 0.05) is 18.6 Å². The maximum absolute atomic E-state index is 11.8. The van der Waals surface area contributed by atoms with E-state index in [0.29, 0.717) is 11.5 Å². The first-order chi connectivity index (χ1) is 12.7. The SMILES string of the molecule is CCCCCCCCCCCCCCCC(=O)SCCCCCC(=O)O. The van der Waals surface area contributed by atoms with Crippen LogP contribution in [0.4, 0.5) is 0 Å². The number of unbranched alkanes of at least 4 members (excludes halogenated alkanes) is 14. The molecule has 0 heterocycles. The Morgan fingerprint density at radius 3 is 1.54 bits per heavy atom. The van der Waals surface area contributed by atoms with Crippen molar-refractivity contribution in [1.82, 2.24) is 0 Å². The summed E-state index contributed by atoms with van der Waals surface area (Å²) in [6.45, 7) is 2.27. The van der Waals surface area contributed by atoms with Crippen LogP contribution in [0.15, 0.2) is 0 Å². The van der Waals surface area contributed by atoms with Crippen LogP contribution >= 0.6 is 11.8 Å². The number of carboxylic acids is 1. The van der Waals surface area contributed by atoms with Crippen LogP contribution in [0, 0.1) is 0 Å². The van der Waals surface area contributed by atoms with Crippen molar-refractivity contribution in [2.24, 2.45) is 0 Å². The highest BCUT2D eigenvalue weighted by Gasteiger charge is 2.03. The van der Waals surface area contributed by atoms with E-state index in [0.717, 1.165) is 31.4 Å². The molecule has 0 spiro atoms. The molecule has 0 aliphatic heterocycles. The minimum atomic E-state index is -0.726. The van der Waals surface area contributed by atoms with Gasteiger partial charge in [-0.3, -0.25) is 9.59 Å². The van der Waals surface area contributed by atoms with E-state index in [1.807, 2.05) is 0 Å². The lowest BCUT2D eigenvalue weighted by Crippen LogP contribution is -1.96. The summed E-state index contributed by atoms with van der Waals surface area (Å²) in [5.41, 5.74) is 0. The second-order valence-corrected chi connectivity index (χ2v) is 8.57. The van der Waals surface area contributed by atoms with Gasteiger partial charge in [-0.2, -0.15) is 0 Å². The van der Waals surface area contributed by atoms with Gasteiger partial charge in [0.05, 0.1) is 0 Å². The highest BCUT2D eigenvalue weighted by atomic mass is 32.2. The zero-order valence-corrected chi connectivity index (χ0v) is 17.9. The molecule has 0 unspecified atom stereocenters. The van der Waals surface area contributed by atoms with Gasteiger partial charge in [-0.15, -0.1) is 0 Å². The Kier molecular flexibility index (Phi) is 20.4. The normalized spacial score (nSPS) is 11.0. The average Bonchev–Trinajstić information content (AvgIpc) is 2.61. The van der Waals surface area contributed by atoms with Gasteiger partial charge < -0.3 is 5.11 Å².